The number of benzene rings is 2. The van der Waals surface area contributed by atoms with Crippen molar-refractivity contribution < 1.29 is 9.59 Å². The van der Waals surface area contributed by atoms with E-state index in [4.69, 9.17) is 11.6 Å². The topological polar surface area (TPSA) is 92.6 Å². The van der Waals surface area contributed by atoms with Gasteiger partial charge in [0.05, 0.1) is 0 Å². The molecule has 2 aromatic heterocycles. The Morgan fingerprint density at radius 1 is 0.971 bits per heavy atom. The second kappa shape index (κ2) is 10.0. The number of fused-ring (bicyclic) bond motifs is 1. The van der Waals surface area contributed by atoms with Crippen LogP contribution in [-0.2, 0) is 6.42 Å². The lowest BCUT2D eigenvalue weighted by Crippen LogP contribution is -2.25. The highest BCUT2D eigenvalue weighted by molar-refractivity contribution is 7.19. The Labute approximate surface area is 211 Å². The fraction of sp³-hybridized carbons (Fsp3) is 0.231. The molecule has 4 rings (SSSR count). The predicted molar refractivity (Wildman–Crippen MR) is 141 cm³/mol. The average Bonchev–Trinajstić information content (AvgIpc) is 3.18. The molecular weight excluding hydrogens is 484 g/mol. The molecule has 4 aromatic rings. The van der Waals surface area contributed by atoms with E-state index in [2.05, 4.69) is 15.6 Å². The van der Waals surface area contributed by atoms with Gasteiger partial charge in [0.2, 0.25) is 0 Å². The van der Waals surface area contributed by atoms with Crippen LogP contribution in [0, 0.1) is 20.8 Å². The van der Waals surface area contributed by atoms with Crippen LogP contribution < -0.4 is 16.2 Å². The van der Waals surface area contributed by atoms with Gasteiger partial charge in [-0.3, -0.25) is 14.4 Å². The van der Waals surface area contributed by atoms with Crippen molar-refractivity contribution in [2.75, 3.05) is 10.6 Å². The van der Waals surface area contributed by atoms with E-state index in [1.54, 1.807) is 24.3 Å². The lowest BCUT2D eigenvalue weighted by molar-refractivity contribution is 0.0989. The van der Waals surface area contributed by atoms with Crippen LogP contribution in [0.5, 0.6) is 0 Å². The lowest BCUT2D eigenvalue weighted by Gasteiger charge is -2.11. The average molecular weight is 509 g/mol. The summed E-state index contributed by atoms with van der Waals surface area (Å²) in [6, 6.07) is 12.2. The first-order chi connectivity index (χ1) is 16.7. The quantitative estimate of drug-likeness (QED) is 0.344. The third-order valence-electron chi connectivity index (χ3n) is 5.57. The number of carbonyl (C=O) groups excluding carboxylic acids is 2. The number of thiazole rings is 1. The summed E-state index contributed by atoms with van der Waals surface area (Å²) in [5.41, 5.74) is 4.04. The number of hydrogen-bond donors (Lipinski definition) is 2. The van der Waals surface area contributed by atoms with Crippen molar-refractivity contribution in [3.63, 3.8) is 0 Å². The number of rotatable bonds is 6. The highest BCUT2D eigenvalue weighted by Gasteiger charge is 2.27. The highest BCUT2D eigenvalue weighted by atomic mass is 35.5. The third-order valence-corrected chi connectivity index (χ3v) is 6.84. The normalized spacial score (nSPS) is 11.0. The van der Waals surface area contributed by atoms with Gasteiger partial charge in [0.15, 0.2) is 4.96 Å². The van der Waals surface area contributed by atoms with E-state index >= 15 is 0 Å². The largest absolute Gasteiger partial charge is 0.321 e. The Morgan fingerprint density at radius 3 is 2.29 bits per heavy atom. The Kier molecular flexibility index (Phi) is 7.05. The minimum Gasteiger partial charge on any atom is -0.321 e. The van der Waals surface area contributed by atoms with Crippen molar-refractivity contribution in [2.24, 2.45) is 0 Å². The van der Waals surface area contributed by atoms with Crippen LogP contribution in [0.3, 0.4) is 0 Å². The summed E-state index contributed by atoms with van der Waals surface area (Å²) < 4.78 is 1.21. The summed E-state index contributed by atoms with van der Waals surface area (Å²) in [6.07, 6.45) is 1.44. The predicted octanol–water partition coefficient (Wildman–Crippen LogP) is 5.79. The first kappa shape index (κ1) is 24.6. The molecule has 2 aromatic carbocycles. The van der Waals surface area contributed by atoms with E-state index in [0.29, 0.717) is 33.5 Å². The van der Waals surface area contributed by atoms with Gasteiger partial charge in [-0.1, -0.05) is 54.0 Å². The van der Waals surface area contributed by atoms with E-state index in [1.165, 1.54) is 10.5 Å². The molecule has 0 bridgehead atoms. The van der Waals surface area contributed by atoms with Gasteiger partial charge in [-0.15, -0.1) is 0 Å². The van der Waals surface area contributed by atoms with Gasteiger partial charge in [-0.2, -0.15) is 0 Å². The first-order valence-corrected chi connectivity index (χ1v) is 12.4. The molecule has 0 spiro atoms. The fourth-order valence-corrected chi connectivity index (χ4v) is 5.12. The third kappa shape index (κ3) is 5.13. The van der Waals surface area contributed by atoms with Gasteiger partial charge < -0.3 is 10.6 Å². The van der Waals surface area contributed by atoms with Gasteiger partial charge in [0.1, 0.15) is 10.6 Å². The molecule has 0 aliphatic heterocycles. The van der Waals surface area contributed by atoms with Crippen LogP contribution in [0.25, 0.3) is 4.96 Å². The Bertz CT molecular complexity index is 1520. The number of aryl methyl sites for hydroxylation is 4. The van der Waals surface area contributed by atoms with Gasteiger partial charge >= 0.3 is 0 Å². The number of anilines is 2. The maximum absolute atomic E-state index is 13.5. The van der Waals surface area contributed by atoms with Crippen LogP contribution in [-0.4, -0.2) is 21.2 Å². The number of carbonyl (C=O) groups is 2. The van der Waals surface area contributed by atoms with E-state index < -0.39 is 17.4 Å². The summed E-state index contributed by atoms with van der Waals surface area (Å²) in [6.45, 7) is 7.67. The standard InChI is InChI=1S/C26H25ClN4O3S/c1-5-6-18-13-21(32)31-22(24(33)29-19-9-7-14(2)11-15(19)3)23(35-26(31)28-18)25(34)30-20-10-8-17(27)12-16(20)4/h7-13H,5-6H2,1-4H3,(H,29,33)(H,30,34). The summed E-state index contributed by atoms with van der Waals surface area (Å²) in [4.78, 5) is 44.9. The summed E-state index contributed by atoms with van der Waals surface area (Å²) >= 11 is 7.05. The molecule has 0 atom stereocenters. The van der Waals surface area contributed by atoms with Crippen LogP contribution in [0.1, 0.15) is 55.9 Å². The monoisotopic (exact) mass is 508 g/mol. The molecule has 0 saturated heterocycles. The lowest BCUT2D eigenvalue weighted by atomic mass is 10.1. The van der Waals surface area contributed by atoms with Crippen molar-refractivity contribution in [3.8, 4) is 0 Å². The second-order valence-corrected chi connectivity index (χ2v) is 9.83. The van der Waals surface area contributed by atoms with Crippen molar-refractivity contribution in [3.05, 3.63) is 90.8 Å². The molecule has 2 heterocycles. The number of halogens is 1. The molecule has 2 N–H and O–H groups in total. The van der Waals surface area contributed by atoms with Crippen LogP contribution in [0.15, 0.2) is 47.3 Å². The fourth-order valence-electron chi connectivity index (χ4n) is 3.85. The zero-order chi connectivity index (χ0) is 25.3. The maximum atomic E-state index is 13.5. The molecule has 180 valence electrons. The smallest absolute Gasteiger partial charge is 0.274 e. The molecule has 0 radical (unpaired) electrons. The molecule has 0 aliphatic rings. The number of amides is 2. The number of nitrogens with zero attached hydrogens (tertiary/aromatic N) is 2. The summed E-state index contributed by atoms with van der Waals surface area (Å²) in [5.74, 6) is -1.07. The Hall–Kier alpha value is -3.49. The Morgan fingerprint density at radius 2 is 1.63 bits per heavy atom. The van der Waals surface area contributed by atoms with Crippen molar-refractivity contribution >= 4 is 51.1 Å². The summed E-state index contributed by atoms with van der Waals surface area (Å²) in [7, 11) is 0. The van der Waals surface area contributed by atoms with Gasteiger partial charge in [-0.05, 0) is 62.6 Å². The minimum absolute atomic E-state index is 0.0466. The van der Waals surface area contributed by atoms with Crippen LogP contribution in [0.2, 0.25) is 5.02 Å². The zero-order valence-electron chi connectivity index (χ0n) is 19.9. The molecular formula is C26H25ClN4O3S. The Balaban J connectivity index is 1.82. The number of aromatic nitrogens is 2. The first-order valence-electron chi connectivity index (χ1n) is 11.2. The zero-order valence-corrected chi connectivity index (χ0v) is 21.4. The van der Waals surface area contributed by atoms with E-state index in [-0.39, 0.29) is 10.6 Å². The minimum atomic E-state index is -0.562. The molecule has 35 heavy (non-hydrogen) atoms. The molecule has 0 fully saturated rings. The van der Waals surface area contributed by atoms with E-state index in [0.717, 1.165) is 34.4 Å². The molecule has 0 saturated carbocycles. The van der Waals surface area contributed by atoms with E-state index in [1.807, 2.05) is 39.8 Å². The molecule has 0 unspecified atom stereocenters. The summed E-state index contributed by atoms with van der Waals surface area (Å²) in [5, 5.41) is 6.25. The number of hydrogen-bond acceptors (Lipinski definition) is 5. The maximum Gasteiger partial charge on any atom is 0.274 e. The SMILES string of the molecule is CCCc1cc(=O)n2c(C(=O)Nc3ccc(C)cc3C)c(C(=O)Nc3ccc(Cl)cc3C)sc2n1. The molecule has 2 amide bonds. The molecule has 9 heteroatoms. The van der Waals surface area contributed by atoms with Crippen LogP contribution in [0.4, 0.5) is 11.4 Å². The van der Waals surface area contributed by atoms with Gasteiger partial charge in [0, 0.05) is 28.2 Å². The molecule has 0 aliphatic carbocycles. The van der Waals surface area contributed by atoms with Crippen molar-refractivity contribution in [1.29, 1.82) is 0 Å². The highest BCUT2D eigenvalue weighted by Crippen LogP contribution is 2.26. The van der Waals surface area contributed by atoms with Gasteiger partial charge in [0.25, 0.3) is 17.4 Å². The molecule has 7 nitrogen and oxygen atoms in total. The van der Waals surface area contributed by atoms with Crippen molar-refractivity contribution in [1.82, 2.24) is 9.38 Å². The van der Waals surface area contributed by atoms with Crippen LogP contribution >= 0.6 is 22.9 Å². The van der Waals surface area contributed by atoms with Gasteiger partial charge in [-0.25, -0.2) is 9.38 Å². The second-order valence-electron chi connectivity index (χ2n) is 8.42. The van der Waals surface area contributed by atoms with Crippen molar-refractivity contribution in [2.45, 2.75) is 40.5 Å². The van der Waals surface area contributed by atoms with E-state index in [9.17, 15) is 14.4 Å². The number of nitrogens with one attached hydrogen (secondary N) is 2.